The zero-order chi connectivity index (χ0) is 21.7. The van der Waals surface area contributed by atoms with Crippen molar-refractivity contribution < 1.29 is 17.6 Å². The van der Waals surface area contributed by atoms with Crippen LogP contribution in [-0.4, -0.2) is 37.7 Å². The quantitative estimate of drug-likeness (QED) is 0.539. The molecule has 6 nitrogen and oxygen atoms in total. The third-order valence-electron chi connectivity index (χ3n) is 4.10. The summed E-state index contributed by atoms with van der Waals surface area (Å²) in [5, 5.41) is 5.08. The lowest BCUT2D eigenvalue weighted by Crippen LogP contribution is -2.22. The van der Waals surface area contributed by atoms with Crippen LogP contribution >= 0.6 is 23.1 Å². The monoisotopic (exact) mass is 465 g/mol. The molecule has 1 amide bonds. The molecule has 0 bridgehead atoms. The first kappa shape index (κ1) is 22.4. The number of carbonyl (C=O) groups excluding carboxylic acids is 1. The molecule has 0 aliphatic heterocycles. The third kappa shape index (κ3) is 5.66. The van der Waals surface area contributed by atoms with Gasteiger partial charge in [-0.05, 0) is 42.0 Å². The summed E-state index contributed by atoms with van der Waals surface area (Å²) >= 11 is 2.97. The van der Waals surface area contributed by atoms with Gasteiger partial charge in [-0.25, -0.2) is 22.1 Å². The predicted molar refractivity (Wildman–Crippen MR) is 119 cm³/mol. The van der Waals surface area contributed by atoms with Gasteiger partial charge in [0.2, 0.25) is 10.0 Å². The van der Waals surface area contributed by atoms with Gasteiger partial charge in [0.05, 0.1) is 10.6 Å². The molecule has 0 unspecified atom stereocenters. The van der Waals surface area contributed by atoms with Crippen LogP contribution in [0.3, 0.4) is 0 Å². The maximum atomic E-state index is 12.9. The van der Waals surface area contributed by atoms with Gasteiger partial charge in [0.15, 0.2) is 5.13 Å². The first-order valence-electron chi connectivity index (χ1n) is 8.86. The molecule has 2 aromatic carbocycles. The maximum Gasteiger partial charge on any atom is 0.257 e. The number of hydrogen-bond acceptors (Lipinski definition) is 6. The van der Waals surface area contributed by atoms with E-state index in [0.717, 1.165) is 21.3 Å². The Kier molecular flexibility index (Phi) is 7.24. The van der Waals surface area contributed by atoms with Crippen molar-refractivity contribution in [2.75, 3.05) is 19.4 Å². The lowest BCUT2D eigenvalue weighted by atomic mass is 10.2. The third-order valence-corrected chi connectivity index (χ3v) is 7.77. The molecule has 1 heterocycles. The van der Waals surface area contributed by atoms with Crippen LogP contribution in [0.25, 0.3) is 0 Å². The Morgan fingerprint density at radius 3 is 2.40 bits per heavy atom. The van der Waals surface area contributed by atoms with Crippen molar-refractivity contribution in [3.8, 4) is 0 Å². The van der Waals surface area contributed by atoms with E-state index in [2.05, 4.69) is 10.3 Å². The average molecular weight is 466 g/mol. The second-order valence-electron chi connectivity index (χ2n) is 6.53. The van der Waals surface area contributed by atoms with E-state index in [1.54, 1.807) is 23.9 Å². The molecule has 10 heteroatoms. The highest BCUT2D eigenvalue weighted by Gasteiger charge is 2.18. The topological polar surface area (TPSA) is 79.4 Å². The van der Waals surface area contributed by atoms with Crippen LogP contribution < -0.4 is 5.32 Å². The van der Waals surface area contributed by atoms with Gasteiger partial charge in [0.25, 0.3) is 5.91 Å². The molecule has 0 saturated carbocycles. The SMILES string of the molecule is CN(C)S(=O)(=O)c1ccc(C(=O)Nc2nc(CSCc3ccc(F)cc3)cs2)cc1. The van der Waals surface area contributed by atoms with Crippen LogP contribution in [0.5, 0.6) is 0 Å². The van der Waals surface area contributed by atoms with Crippen molar-refractivity contribution in [2.24, 2.45) is 0 Å². The lowest BCUT2D eigenvalue weighted by Gasteiger charge is -2.11. The first-order valence-corrected chi connectivity index (χ1v) is 12.3. The summed E-state index contributed by atoms with van der Waals surface area (Å²) in [5.74, 6) is 0.795. The second kappa shape index (κ2) is 9.69. The number of aromatic nitrogens is 1. The normalized spacial score (nSPS) is 11.6. The number of benzene rings is 2. The Labute approximate surface area is 183 Å². The van der Waals surface area contributed by atoms with Crippen LogP contribution in [-0.2, 0) is 21.5 Å². The molecular weight excluding hydrogens is 445 g/mol. The number of carbonyl (C=O) groups is 1. The smallest absolute Gasteiger partial charge is 0.257 e. The Balaban J connectivity index is 1.55. The molecule has 0 aliphatic rings. The number of rotatable bonds is 8. The van der Waals surface area contributed by atoms with E-state index in [-0.39, 0.29) is 16.6 Å². The number of halogens is 1. The van der Waals surface area contributed by atoms with Crippen LogP contribution in [0.2, 0.25) is 0 Å². The zero-order valence-corrected chi connectivity index (χ0v) is 18.8. The van der Waals surface area contributed by atoms with Gasteiger partial charge in [0.1, 0.15) is 5.82 Å². The maximum absolute atomic E-state index is 12.9. The molecule has 0 atom stereocenters. The van der Waals surface area contributed by atoms with Gasteiger partial charge in [-0.2, -0.15) is 11.8 Å². The number of hydrogen-bond donors (Lipinski definition) is 1. The van der Waals surface area contributed by atoms with E-state index in [0.29, 0.717) is 16.4 Å². The molecule has 3 aromatic rings. The van der Waals surface area contributed by atoms with E-state index >= 15 is 0 Å². The molecule has 0 spiro atoms. The van der Waals surface area contributed by atoms with Crippen molar-refractivity contribution >= 4 is 44.2 Å². The Hall–Kier alpha value is -2.27. The van der Waals surface area contributed by atoms with Gasteiger partial charge in [-0.15, -0.1) is 11.3 Å². The molecule has 0 aliphatic carbocycles. The minimum Gasteiger partial charge on any atom is -0.298 e. The van der Waals surface area contributed by atoms with Gasteiger partial charge < -0.3 is 0 Å². The number of thiazole rings is 1. The average Bonchev–Trinajstić information content (AvgIpc) is 3.16. The molecule has 0 radical (unpaired) electrons. The van der Waals surface area contributed by atoms with Crippen molar-refractivity contribution in [1.29, 1.82) is 0 Å². The number of nitrogens with one attached hydrogen (secondary N) is 1. The lowest BCUT2D eigenvalue weighted by molar-refractivity contribution is 0.102. The van der Waals surface area contributed by atoms with E-state index in [1.165, 1.54) is 61.8 Å². The van der Waals surface area contributed by atoms with Crippen LogP contribution in [0.4, 0.5) is 9.52 Å². The van der Waals surface area contributed by atoms with E-state index in [4.69, 9.17) is 0 Å². The fraction of sp³-hybridized carbons (Fsp3) is 0.200. The fourth-order valence-corrected chi connectivity index (χ4v) is 5.04. The molecule has 0 fully saturated rings. The molecule has 0 saturated heterocycles. The van der Waals surface area contributed by atoms with Crippen LogP contribution in [0, 0.1) is 5.82 Å². The Morgan fingerprint density at radius 2 is 1.77 bits per heavy atom. The largest absolute Gasteiger partial charge is 0.298 e. The summed E-state index contributed by atoms with van der Waals surface area (Å²) in [6.45, 7) is 0. The molecule has 30 heavy (non-hydrogen) atoms. The van der Waals surface area contributed by atoms with Gasteiger partial charge in [-0.1, -0.05) is 12.1 Å². The Morgan fingerprint density at radius 1 is 1.10 bits per heavy atom. The summed E-state index contributed by atoms with van der Waals surface area (Å²) in [6.07, 6.45) is 0. The van der Waals surface area contributed by atoms with Crippen molar-refractivity contribution in [3.05, 3.63) is 76.5 Å². The van der Waals surface area contributed by atoms with Crippen LogP contribution in [0.15, 0.2) is 58.8 Å². The summed E-state index contributed by atoms with van der Waals surface area (Å²) in [6, 6.07) is 12.1. The van der Waals surface area contributed by atoms with E-state index in [1.807, 2.05) is 5.38 Å². The van der Waals surface area contributed by atoms with E-state index in [9.17, 15) is 17.6 Å². The number of thioether (sulfide) groups is 1. The number of amides is 1. The number of nitrogens with zero attached hydrogens (tertiary/aromatic N) is 2. The van der Waals surface area contributed by atoms with Crippen LogP contribution in [0.1, 0.15) is 21.6 Å². The summed E-state index contributed by atoms with van der Waals surface area (Å²) in [7, 11) is -0.631. The number of anilines is 1. The summed E-state index contributed by atoms with van der Waals surface area (Å²) in [4.78, 5) is 16.9. The van der Waals surface area contributed by atoms with E-state index < -0.39 is 10.0 Å². The van der Waals surface area contributed by atoms with Crippen molar-refractivity contribution in [1.82, 2.24) is 9.29 Å². The molecule has 1 N–H and O–H groups in total. The fourth-order valence-electron chi connectivity index (χ4n) is 2.44. The molecule has 158 valence electrons. The summed E-state index contributed by atoms with van der Waals surface area (Å²) in [5.41, 5.74) is 2.22. The zero-order valence-electron chi connectivity index (χ0n) is 16.3. The molecular formula is C20H20FN3O3S3. The summed E-state index contributed by atoms with van der Waals surface area (Å²) < 4.78 is 38.2. The Bertz CT molecular complexity index is 1110. The minimum atomic E-state index is -3.54. The van der Waals surface area contributed by atoms with Gasteiger partial charge in [0, 0.05) is 36.5 Å². The standard InChI is InChI=1S/C20H20FN3O3S3/c1-24(2)30(26,27)18-9-5-15(6-10-18)19(25)23-20-22-17(13-29-20)12-28-11-14-3-7-16(21)8-4-14/h3-10,13H,11-12H2,1-2H3,(H,22,23,25). The predicted octanol–water partition coefficient (Wildman–Crippen LogP) is 4.22. The first-order chi connectivity index (χ1) is 14.3. The highest BCUT2D eigenvalue weighted by atomic mass is 32.2. The molecule has 3 rings (SSSR count). The second-order valence-corrected chi connectivity index (χ2v) is 10.5. The highest BCUT2D eigenvalue weighted by molar-refractivity contribution is 7.97. The highest BCUT2D eigenvalue weighted by Crippen LogP contribution is 2.23. The van der Waals surface area contributed by atoms with Gasteiger partial charge >= 0.3 is 0 Å². The van der Waals surface area contributed by atoms with Crippen molar-refractivity contribution in [2.45, 2.75) is 16.4 Å². The van der Waals surface area contributed by atoms with Crippen molar-refractivity contribution in [3.63, 3.8) is 0 Å². The molecule has 1 aromatic heterocycles. The number of sulfonamides is 1. The van der Waals surface area contributed by atoms with Gasteiger partial charge in [-0.3, -0.25) is 10.1 Å². The minimum absolute atomic E-state index is 0.124.